The molecule has 6 heteroatoms. The van der Waals surface area contributed by atoms with E-state index in [1.165, 1.54) is 0 Å². The summed E-state index contributed by atoms with van der Waals surface area (Å²) in [5.41, 5.74) is 2.87. The lowest BCUT2D eigenvalue weighted by Gasteiger charge is -2.12. The van der Waals surface area contributed by atoms with Gasteiger partial charge in [0.1, 0.15) is 6.07 Å². The summed E-state index contributed by atoms with van der Waals surface area (Å²) in [6, 6.07) is 9.99. The molecule has 0 unspecified atom stereocenters. The SMILES string of the molecule is N#Cc1c(-c2ccn[nH]2)c(SCCCO)cc2cccnc12. The second-order valence-corrected chi connectivity index (χ2v) is 5.84. The van der Waals surface area contributed by atoms with Gasteiger partial charge in [0.05, 0.1) is 16.8 Å². The average Bonchev–Trinajstić information content (AvgIpc) is 3.07. The molecule has 0 aliphatic carbocycles. The van der Waals surface area contributed by atoms with Crippen LogP contribution < -0.4 is 0 Å². The number of nitrogens with one attached hydrogen (secondary N) is 1. The van der Waals surface area contributed by atoms with Gasteiger partial charge in [0.2, 0.25) is 0 Å². The van der Waals surface area contributed by atoms with Crippen LogP contribution in [0.1, 0.15) is 12.0 Å². The molecule has 0 amide bonds. The second-order valence-electron chi connectivity index (χ2n) is 4.71. The zero-order chi connectivity index (χ0) is 15.4. The van der Waals surface area contributed by atoms with Gasteiger partial charge in [-0.1, -0.05) is 6.07 Å². The quantitative estimate of drug-likeness (QED) is 0.559. The molecule has 5 nitrogen and oxygen atoms in total. The van der Waals surface area contributed by atoms with Crippen LogP contribution in [0, 0.1) is 11.3 Å². The monoisotopic (exact) mass is 310 g/mol. The van der Waals surface area contributed by atoms with Gasteiger partial charge >= 0.3 is 0 Å². The number of pyridine rings is 1. The molecule has 110 valence electrons. The highest BCUT2D eigenvalue weighted by molar-refractivity contribution is 7.99. The van der Waals surface area contributed by atoms with Crippen molar-refractivity contribution >= 4 is 22.7 Å². The number of aliphatic hydroxyl groups is 1. The number of nitrogens with zero attached hydrogens (tertiary/aromatic N) is 3. The molecule has 0 saturated heterocycles. The first-order valence-electron chi connectivity index (χ1n) is 6.90. The molecule has 0 radical (unpaired) electrons. The van der Waals surface area contributed by atoms with Gasteiger partial charge in [-0.05, 0) is 24.6 Å². The van der Waals surface area contributed by atoms with E-state index in [1.807, 2.05) is 24.3 Å². The number of thioether (sulfide) groups is 1. The minimum Gasteiger partial charge on any atom is -0.396 e. The summed E-state index contributed by atoms with van der Waals surface area (Å²) < 4.78 is 0. The van der Waals surface area contributed by atoms with Crippen molar-refractivity contribution in [1.29, 1.82) is 5.26 Å². The molecule has 0 aliphatic rings. The summed E-state index contributed by atoms with van der Waals surface area (Å²) in [5.74, 6) is 0.786. The Morgan fingerprint density at radius 1 is 1.32 bits per heavy atom. The van der Waals surface area contributed by atoms with Crippen molar-refractivity contribution in [1.82, 2.24) is 15.2 Å². The van der Waals surface area contributed by atoms with E-state index in [1.54, 1.807) is 24.2 Å². The molecule has 2 heterocycles. The summed E-state index contributed by atoms with van der Waals surface area (Å²) in [7, 11) is 0. The van der Waals surface area contributed by atoms with Crippen molar-refractivity contribution in [3.05, 3.63) is 42.2 Å². The van der Waals surface area contributed by atoms with Crippen LogP contribution in [0.4, 0.5) is 0 Å². The van der Waals surface area contributed by atoms with Gasteiger partial charge in [-0.25, -0.2) is 0 Å². The molecular weight excluding hydrogens is 296 g/mol. The van der Waals surface area contributed by atoms with Gasteiger partial charge in [-0.3, -0.25) is 10.1 Å². The maximum atomic E-state index is 9.64. The standard InChI is InChI=1S/C16H14N4OS/c17-10-12-15(13-4-6-19-20-13)14(22-8-2-7-21)9-11-3-1-5-18-16(11)12/h1,3-6,9,21H,2,7-8H2,(H,19,20). The van der Waals surface area contributed by atoms with Crippen molar-refractivity contribution in [2.24, 2.45) is 0 Å². The normalized spacial score (nSPS) is 10.7. The van der Waals surface area contributed by atoms with Crippen LogP contribution in [-0.4, -0.2) is 32.6 Å². The Balaban J connectivity index is 2.22. The van der Waals surface area contributed by atoms with E-state index < -0.39 is 0 Å². The maximum absolute atomic E-state index is 9.64. The third-order valence-corrected chi connectivity index (χ3v) is 4.43. The lowest BCUT2D eigenvalue weighted by Crippen LogP contribution is -1.95. The van der Waals surface area contributed by atoms with E-state index in [2.05, 4.69) is 21.3 Å². The molecule has 0 bridgehead atoms. The van der Waals surface area contributed by atoms with Crippen molar-refractivity contribution in [2.45, 2.75) is 11.3 Å². The van der Waals surface area contributed by atoms with Gasteiger partial charge < -0.3 is 5.11 Å². The van der Waals surface area contributed by atoms with Crippen LogP contribution in [0.5, 0.6) is 0 Å². The third kappa shape index (κ3) is 2.69. The van der Waals surface area contributed by atoms with Crippen LogP contribution in [0.15, 0.2) is 41.6 Å². The summed E-state index contributed by atoms with van der Waals surface area (Å²) in [6.07, 6.45) is 4.07. The molecule has 3 rings (SSSR count). The maximum Gasteiger partial charge on any atom is 0.102 e. The average molecular weight is 310 g/mol. The van der Waals surface area contributed by atoms with E-state index in [4.69, 9.17) is 5.11 Å². The first kappa shape index (κ1) is 14.6. The predicted octanol–water partition coefficient (Wildman–Crippen LogP) is 2.97. The fourth-order valence-electron chi connectivity index (χ4n) is 2.33. The summed E-state index contributed by atoms with van der Waals surface area (Å²) in [5, 5.41) is 26.5. The van der Waals surface area contributed by atoms with E-state index in [-0.39, 0.29) is 6.61 Å². The molecule has 22 heavy (non-hydrogen) atoms. The van der Waals surface area contributed by atoms with Gasteiger partial charge in [-0.15, -0.1) is 11.8 Å². The highest BCUT2D eigenvalue weighted by Crippen LogP contribution is 2.37. The zero-order valence-electron chi connectivity index (χ0n) is 11.8. The van der Waals surface area contributed by atoms with E-state index in [0.29, 0.717) is 17.5 Å². The Kier molecular flexibility index (Phi) is 4.37. The first-order valence-corrected chi connectivity index (χ1v) is 7.89. The number of rotatable bonds is 5. The van der Waals surface area contributed by atoms with Crippen LogP contribution in [0.2, 0.25) is 0 Å². The Labute approximate surface area is 132 Å². The van der Waals surface area contributed by atoms with E-state index in [9.17, 15) is 5.26 Å². The van der Waals surface area contributed by atoms with Crippen LogP contribution in [0.25, 0.3) is 22.2 Å². The molecule has 0 spiro atoms. The molecule has 0 atom stereocenters. The lowest BCUT2D eigenvalue weighted by atomic mass is 10.0. The highest BCUT2D eigenvalue weighted by atomic mass is 32.2. The summed E-state index contributed by atoms with van der Waals surface area (Å²) in [6.45, 7) is 0.159. The molecule has 2 aromatic heterocycles. The van der Waals surface area contributed by atoms with Gasteiger partial charge in [-0.2, -0.15) is 10.4 Å². The fraction of sp³-hybridized carbons (Fsp3) is 0.188. The number of H-pyrrole nitrogens is 1. The molecular formula is C16H14N4OS. The minimum atomic E-state index is 0.159. The predicted molar refractivity (Wildman–Crippen MR) is 86.5 cm³/mol. The van der Waals surface area contributed by atoms with Crippen molar-refractivity contribution in [3.8, 4) is 17.3 Å². The van der Waals surface area contributed by atoms with Crippen molar-refractivity contribution in [3.63, 3.8) is 0 Å². The van der Waals surface area contributed by atoms with Crippen molar-refractivity contribution < 1.29 is 5.11 Å². The van der Waals surface area contributed by atoms with Crippen LogP contribution >= 0.6 is 11.8 Å². The van der Waals surface area contributed by atoms with Crippen LogP contribution in [0.3, 0.4) is 0 Å². The Morgan fingerprint density at radius 3 is 2.95 bits per heavy atom. The molecule has 1 aromatic carbocycles. The number of aromatic nitrogens is 3. The fourth-order valence-corrected chi connectivity index (χ4v) is 3.39. The Bertz CT molecular complexity index is 824. The number of hydrogen-bond acceptors (Lipinski definition) is 5. The van der Waals surface area contributed by atoms with Gasteiger partial charge in [0.15, 0.2) is 0 Å². The zero-order valence-corrected chi connectivity index (χ0v) is 12.6. The van der Waals surface area contributed by atoms with Crippen molar-refractivity contribution in [2.75, 3.05) is 12.4 Å². The molecule has 2 N–H and O–H groups in total. The van der Waals surface area contributed by atoms with Gasteiger partial charge in [0, 0.05) is 40.6 Å². The smallest absolute Gasteiger partial charge is 0.102 e. The minimum absolute atomic E-state index is 0.159. The number of nitriles is 1. The largest absolute Gasteiger partial charge is 0.396 e. The molecule has 3 aromatic rings. The number of fused-ring (bicyclic) bond motifs is 1. The van der Waals surface area contributed by atoms with E-state index >= 15 is 0 Å². The lowest BCUT2D eigenvalue weighted by molar-refractivity contribution is 0.296. The van der Waals surface area contributed by atoms with E-state index in [0.717, 1.165) is 27.3 Å². The highest BCUT2D eigenvalue weighted by Gasteiger charge is 2.17. The third-order valence-electron chi connectivity index (χ3n) is 3.30. The number of aliphatic hydroxyl groups excluding tert-OH is 1. The number of benzene rings is 1. The van der Waals surface area contributed by atoms with Crippen LogP contribution in [-0.2, 0) is 0 Å². The molecule has 0 saturated carbocycles. The number of aromatic amines is 1. The second kappa shape index (κ2) is 6.60. The summed E-state index contributed by atoms with van der Waals surface area (Å²) >= 11 is 1.63. The Hall–Kier alpha value is -2.36. The van der Waals surface area contributed by atoms with Gasteiger partial charge in [0.25, 0.3) is 0 Å². The first-order chi connectivity index (χ1) is 10.8. The summed E-state index contributed by atoms with van der Waals surface area (Å²) in [4.78, 5) is 5.35. The molecule has 0 aliphatic heterocycles. The Morgan fingerprint density at radius 2 is 2.23 bits per heavy atom. The molecule has 0 fully saturated rings. The number of hydrogen-bond donors (Lipinski definition) is 2. The topological polar surface area (TPSA) is 85.6 Å².